The molecule has 0 spiro atoms. The van der Waals surface area contributed by atoms with Gasteiger partial charge in [-0.3, -0.25) is 4.79 Å². The minimum absolute atomic E-state index is 0.127. The van der Waals surface area contributed by atoms with E-state index in [0.29, 0.717) is 18.1 Å². The van der Waals surface area contributed by atoms with Crippen LogP contribution in [0.5, 0.6) is 11.5 Å². The van der Waals surface area contributed by atoms with Gasteiger partial charge in [-0.2, -0.15) is 5.26 Å². The van der Waals surface area contributed by atoms with Gasteiger partial charge in [0.25, 0.3) is 0 Å². The van der Waals surface area contributed by atoms with Crippen molar-refractivity contribution in [1.29, 1.82) is 5.26 Å². The molecule has 28 heavy (non-hydrogen) atoms. The van der Waals surface area contributed by atoms with E-state index in [1.807, 2.05) is 6.07 Å². The molecule has 1 N–H and O–H groups in total. The average Bonchev–Trinajstić information content (AvgIpc) is 2.71. The summed E-state index contributed by atoms with van der Waals surface area (Å²) in [5.41, 5.74) is 0.858. The van der Waals surface area contributed by atoms with E-state index >= 15 is 0 Å². The highest BCUT2D eigenvalue weighted by molar-refractivity contribution is 5.92. The van der Waals surface area contributed by atoms with Crippen molar-refractivity contribution >= 4 is 12.0 Å². The van der Waals surface area contributed by atoms with Crippen molar-refractivity contribution < 1.29 is 18.7 Å². The largest absolute Gasteiger partial charge is 0.493 e. The summed E-state index contributed by atoms with van der Waals surface area (Å²) in [7, 11) is 1.55. The third kappa shape index (κ3) is 5.85. The van der Waals surface area contributed by atoms with Crippen LogP contribution in [0.2, 0.25) is 0 Å². The lowest BCUT2D eigenvalue weighted by Crippen LogP contribution is -2.26. The number of halogens is 1. The summed E-state index contributed by atoms with van der Waals surface area (Å²) < 4.78 is 24.8. The van der Waals surface area contributed by atoms with Crippen molar-refractivity contribution in [2.45, 2.75) is 25.8 Å². The smallest absolute Gasteiger partial charge is 0.245 e. The van der Waals surface area contributed by atoms with Crippen LogP contribution in [0, 0.1) is 17.1 Å². The Hall–Kier alpha value is -3.33. The van der Waals surface area contributed by atoms with Gasteiger partial charge in [0.05, 0.1) is 19.8 Å². The summed E-state index contributed by atoms with van der Waals surface area (Å²) in [6.07, 6.45) is 4.86. The molecule has 1 unspecified atom stereocenters. The molecular formula is C22H23FN2O3. The molecule has 0 heterocycles. The maximum Gasteiger partial charge on any atom is 0.245 e. The van der Waals surface area contributed by atoms with E-state index in [-0.39, 0.29) is 5.56 Å². The highest BCUT2D eigenvalue weighted by Crippen LogP contribution is 2.28. The van der Waals surface area contributed by atoms with Gasteiger partial charge < -0.3 is 14.8 Å². The molecule has 2 aromatic carbocycles. The van der Waals surface area contributed by atoms with Crippen LogP contribution < -0.4 is 14.8 Å². The molecule has 0 fully saturated rings. The second-order valence-corrected chi connectivity index (χ2v) is 6.04. The highest BCUT2D eigenvalue weighted by atomic mass is 19.1. The Morgan fingerprint density at radius 3 is 2.75 bits per heavy atom. The molecule has 2 rings (SSSR count). The molecule has 0 aliphatic carbocycles. The average molecular weight is 382 g/mol. The first-order chi connectivity index (χ1) is 13.6. The maximum absolute atomic E-state index is 13.8. The summed E-state index contributed by atoms with van der Waals surface area (Å²) in [6, 6.07) is 12.0. The molecule has 2 aromatic rings. The first kappa shape index (κ1) is 21.0. The van der Waals surface area contributed by atoms with E-state index in [0.717, 1.165) is 18.4 Å². The van der Waals surface area contributed by atoms with Gasteiger partial charge in [-0.05, 0) is 36.3 Å². The van der Waals surface area contributed by atoms with Gasteiger partial charge in [0.1, 0.15) is 11.9 Å². The third-order valence-electron chi connectivity index (χ3n) is 4.00. The summed E-state index contributed by atoms with van der Waals surface area (Å²) in [6.45, 7) is 2.69. The lowest BCUT2D eigenvalue weighted by molar-refractivity contribution is -0.116. The second-order valence-electron chi connectivity index (χ2n) is 6.04. The molecule has 0 aliphatic rings. The quantitative estimate of drug-likeness (QED) is 0.515. The number of methoxy groups -OCH3 is 1. The predicted molar refractivity (Wildman–Crippen MR) is 105 cm³/mol. The zero-order valence-corrected chi connectivity index (χ0v) is 15.9. The number of ether oxygens (including phenoxy) is 2. The van der Waals surface area contributed by atoms with Crippen LogP contribution >= 0.6 is 0 Å². The van der Waals surface area contributed by atoms with Crippen LogP contribution in [0.15, 0.2) is 48.5 Å². The molecule has 0 aromatic heterocycles. The lowest BCUT2D eigenvalue weighted by Gasteiger charge is -2.12. The fourth-order valence-corrected chi connectivity index (χ4v) is 2.48. The number of rotatable bonds is 9. The Balaban J connectivity index is 2.05. The monoisotopic (exact) mass is 382 g/mol. The first-order valence-corrected chi connectivity index (χ1v) is 9.02. The number of hydrogen-bond donors (Lipinski definition) is 1. The number of carbonyl (C=O) groups is 1. The van der Waals surface area contributed by atoms with Crippen LogP contribution in [0.25, 0.3) is 6.08 Å². The van der Waals surface area contributed by atoms with Crippen LogP contribution in [-0.4, -0.2) is 19.6 Å². The number of carbonyl (C=O) groups excluding carboxylic acids is 1. The fraction of sp³-hybridized carbons (Fsp3) is 0.273. The molecule has 1 amide bonds. The minimum atomic E-state index is -1.07. The summed E-state index contributed by atoms with van der Waals surface area (Å²) >= 11 is 0. The Morgan fingerprint density at radius 1 is 1.29 bits per heavy atom. The van der Waals surface area contributed by atoms with Crippen molar-refractivity contribution in [2.75, 3.05) is 13.7 Å². The van der Waals surface area contributed by atoms with Crippen LogP contribution in [0.4, 0.5) is 4.39 Å². The van der Waals surface area contributed by atoms with Crippen molar-refractivity contribution in [3.63, 3.8) is 0 Å². The molecule has 0 radical (unpaired) electrons. The number of nitrogens with zero attached hydrogens (tertiary/aromatic N) is 1. The van der Waals surface area contributed by atoms with E-state index in [4.69, 9.17) is 9.47 Å². The van der Waals surface area contributed by atoms with Gasteiger partial charge in [0.2, 0.25) is 5.91 Å². The van der Waals surface area contributed by atoms with Gasteiger partial charge in [-0.25, -0.2) is 4.39 Å². The van der Waals surface area contributed by atoms with Gasteiger partial charge in [0, 0.05) is 11.6 Å². The number of hydrogen-bond acceptors (Lipinski definition) is 4. The molecule has 0 saturated carbocycles. The van der Waals surface area contributed by atoms with Gasteiger partial charge in [-0.15, -0.1) is 0 Å². The predicted octanol–water partition coefficient (Wildman–Crippen LogP) is 4.41. The summed E-state index contributed by atoms with van der Waals surface area (Å²) in [5, 5.41) is 11.7. The van der Waals surface area contributed by atoms with Gasteiger partial charge in [-0.1, -0.05) is 37.6 Å². The molecule has 146 valence electrons. The molecule has 0 saturated heterocycles. The Morgan fingerprint density at radius 2 is 2.07 bits per heavy atom. The Kier molecular flexibility index (Phi) is 8.04. The molecule has 6 heteroatoms. The van der Waals surface area contributed by atoms with E-state index < -0.39 is 17.8 Å². The van der Waals surface area contributed by atoms with Crippen LogP contribution in [0.3, 0.4) is 0 Å². The Bertz CT molecular complexity index is 874. The number of nitrogens with one attached hydrogen (secondary N) is 1. The molecule has 5 nitrogen and oxygen atoms in total. The third-order valence-corrected chi connectivity index (χ3v) is 4.00. The molecule has 0 aliphatic heterocycles. The zero-order chi connectivity index (χ0) is 20.4. The summed E-state index contributed by atoms with van der Waals surface area (Å²) in [4.78, 5) is 12.1. The van der Waals surface area contributed by atoms with Crippen molar-refractivity contribution in [2.24, 2.45) is 0 Å². The van der Waals surface area contributed by atoms with Crippen molar-refractivity contribution in [3.8, 4) is 17.6 Å². The number of unbranched alkanes of at least 4 members (excludes halogenated alkanes) is 1. The van der Waals surface area contributed by atoms with E-state index in [2.05, 4.69) is 12.2 Å². The zero-order valence-electron chi connectivity index (χ0n) is 15.9. The van der Waals surface area contributed by atoms with Gasteiger partial charge >= 0.3 is 0 Å². The SMILES string of the molecule is CCCCOc1ccc(/C=C/C(=O)NC(C#N)c2ccccc2F)cc1OC. The first-order valence-electron chi connectivity index (χ1n) is 9.02. The maximum atomic E-state index is 13.8. The summed E-state index contributed by atoms with van der Waals surface area (Å²) in [5.74, 6) is 0.167. The van der Waals surface area contributed by atoms with E-state index in [1.54, 1.807) is 37.5 Å². The van der Waals surface area contributed by atoms with E-state index in [9.17, 15) is 14.4 Å². The van der Waals surface area contributed by atoms with E-state index in [1.165, 1.54) is 24.3 Å². The van der Waals surface area contributed by atoms with Crippen LogP contribution in [0.1, 0.15) is 36.9 Å². The minimum Gasteiger partial charge on any atom is -0.493 e. The highest BCUT2D eigenvalue weighted by Gasteiger charge is 2.16. The van der Waals surface area contributed by atoms with Crippen LogP contribution in [-0.2, 0) is 4.79 Å². The van der Waals surface area contributed by atoms with Gasteiger partial charge in [0.15, 0.2) is 11.5 Å². The molecule has 0 bridgehead atoms. The Labute approximate surface area is 164 Å². The number of nitriles is 1. The van der Waals surface area contributed by atoms with Crippen molar-refractivity contribution in [1.82, 2.24) is 5.32 Å². The fourth-order valence-electron chi connectivity index (χ4n) is 2.48. The molecule has 1 atom stereocenters. The number of amides is 1. The second kappa shape index (κ2) is 10.7. The lowest BCUT2D eigenvalue weighted by atomic mass is 10.1. The standard InChI is InChI=1S/C22H23FN2O3/c1-3-4-13-28-20-11-9-16(14-21(20)27-2)10-12-22(26)25-19(15-24)17-7-5-6-8-18(17)23/h5-12,14,19H,3-4,13H2,1-2H3,(H,25,26)/b12-10+. The number of benzene rings is 2. The normalized spacial score (nSPS) is 11.6. The molecular weight excluding hydrogens is 359 g/mol. The van der Waals surface area contributed by atoms with Crippen molar-refractivity contribution in [3.05, 3.63) is 65.5 Å². The topological polar surface area (TPSA) is 71.3 Å².